The monoisotopic (exact) mass is 154 g/mol. The summed E-state index contributed by atoms with van der Waals surface area (Å²) in [6.07, 6.45) is -3.58. The van der Waals surface area contributed by atoms with Crippen LogP contribution in [0.4, 0.5) is 13.2 Å². The van der Waals surface area contributed by atoms with E-state index in [0.29, 0.717) is 0 Å². The first-order chi connectivity index (χ1) is 4.56. The van der Waals surface area contributed by atoms with Crippen LogP contribution in [0.2, 0.25) is 0 Å². The first kappa shape index (κ1) is 9.49. The maximum Gasteiger partial charge on any atom is 0.391 e. The van der Waals surface area contributed by atoms with Crippen LogP contribution in [0.3, 0.4) is 0 Å². The van der Waals surface area contributed by atoms with Gasteiger partial charge in [-0.05, 0) is 0 Å². The van der Waals surface area contributed by atoms with Gasteiger partial charge in [-0.1, -0.05) is 6.08 Å². The van der Waals surface area contributed by atoms with Crippen LogP contribution in [0.25, 0.3) is 0 Å². The van der Waals surface area contributed by atoms with Gasteiger partial charge in [0.25, 0.3) is 0 Å². The van der Waals surface area contributed by atoms with Crippen molar-refractivity contribution in [3.63, 3.8) is 0 Å². The second-order valence-corrected chi connectivity index (χ2v) is 1.73. The third-order valence-corrected chi connectivity index (χ3v) is 0.766. The molecule has 0 rings (SSSR count). The minimum Gasteiger partial charge on any atom is -0.377 e. The van der Waals surface area contributed by atoms with E-state index in [1.165, 1.54) is 6.08 Å². The van der Waals surface area contributed by atoms with Crippen molar-refractivity contribution < 1.29 is 17.9 Å². The molecule has 0 saturated carbocycles. The van der Waals surface area contributed by atoms with Crippen molar-refractivity contribution in [2.75, 3.05) is 13.2 Å². The van der Waals surface area contributed by atoms with Crippen molar-refractivity contribution in [1.29, 1.82) is 0 Å². The molecule has 0 spiro atoms. The zero-order valence-electron chi connectivity index (χ0n) is 5.45. The van der Waals surface area contributed by atoms with Gasteiger partial charge in [-0.2, -0.15) is 13.2 Å². The molecule has 0 aromatic rings. The van der Waals surface area contributed by atoms with E-state index < -0.39 is 12.6 Å². The number of hydrogen-bond donors (Lipinski definition) is 0. The van der Waals surface area contributed by atoms with E-state index in [1.54, 1.807) is 0 Å². The van der Waals surface area contributed by atoms with Crippen LogP contribution in [0.5, 0.6) is 0 Å². The lowest BCUT2D eigenvalue weighted by molar-refractivity contribution is -0.144. The Kier molecular flexibility index (Phi) is 4.11. The van der Waals surface area contributed by atoms with Crippen molar-refractivity contribution in [3.05, 3.63) is 12.7 Å². The standard InChI is InChI=1S/C6H9F3O/c1-2-4-10-5-3-6(7,8)9/h2H,1,3-5H2. The number of alkyl halides is 3. The van der Waals surface area contributed by atoms with Crippen LogP contribution >= 0.6 is 0 Å². The average molecular weight is 154 g/mol. The summed E-state index contributed by atoms with van der Waals surface area (Å²) in [6, 6.07) is 0. The molecule has 0 radical (unpaired) electrons. The highest BCUT2D eigenvalue weighted by molar-refractivity contribution is 4.63. The highest BCUT2D eigenvalue weighted by Gasteiger charge is 2.26. The largest absolute Gasteiger partial charge is 0.391 e. The first-order valence-electron chi connectivity index (χ1n) is 2.81. The summed E-state index contributed by atoms with van der Waals surface area (Å²) in [5.41, 5.74) is 0. The molecule has 0 atom stereocenters. The van der Waals surface area contributed by atoms with Crippen molar-refractivity contribution in [3.8, 4) is 0 Å². The molecule has 1 nitrogen and oxygen atoms in total. The molecule has 0 N–H and O–H groups in total. The predicted molar refractivity (Wildman–Crippen MR) is 31.7 cm³/mol. The fourth-order valence-corrected chi connectivity index (χ4v) is 0.355. The van der Waals surface area contributed by atoms with Gasteiger partial charge in [-0.15, -0.1) is 6.58 Å². The van der Waals surface area contributed by atoms with Crippen molar-refractivity contribution in [2.24, 2.45) is 0 Å². The summed E-state index contributed by atoms with van der Waals surface area (Å²) in [7, 11) is 0. The molecule has 0 unspecified atom stereocenters. The summed E-state index contributed by atoms with van der Waals surface area (Å²) in [4.78, 5) is 0. The van der Waals surface area contributed by atoms with Crippen molar-refractivity contribution in [2.45, 2.75) is 12.6 Å². The van der Waals surface area contributed by atoms with E-state index in [1.807, 2.05) is 0 Å². The molecule has 0 aromatic heterocycles. The second-order valence-electron chi connectivity index (χ2n) is 1.73. The fourth-order valence-electron chi connectivity index (χ4n) is 0.355. The molecule has 10 heavy (non-hydrogen) atoms. The molecular weight excluding hydrogens is 145 g/mol. The zero-order valence-corrected chi connectivity index (χ0v) is 5.45. The molecule has 0 bridgehead atoms. The Balaban J connectivity index is 3.12. The van der Waals surface area contributed by atoms with Gasteiger partial charge >= 0.3 is 6.18 Å². The molecule has 0 aliphatic rings. The molecule has 4 heteroatoms. The summed E-state index contributed by atoms with van der Waals surface area (Å²) in [5, 5.41) is 0. The lowest BCUT2D eigenvalue weighted by Gasteiger charge is -2.04. The normalized spacial score (nSPS) is 11.5. The molecule has 60 valence electrons. The Labute approximate surface area is 57.5 Å². The quantitative estimate of drug-likeness (QED) is 0.445. The second kappa shape index (κ2) is 4.33. The summed E-state index contributed by atoms with van der Waals surface area (Å²) >= 11 is 0. The van der Waals surface area contributed by atoms with E-state index in [4.69, 9.17) is 0 Å². The van der Waals surface area contributed by atoms with Gasteiger partial charge in [0.2, 0.25) is 0 Å². The maximum atomic E-state index is 11.4. The number of rotatable bonds is 4. The third-order valence-electron chi connectivity index (χ3n) is 0.766. The minimum atomic E-state index is -4.11. The van der Waals surface area contributed by atoms with Crippen LogP contribution in [0.1, 0.15) is 6.42 Å². The topological polar surface area (TPSA) is 9.23 Å². The van der Waals surface area contributed by atoms with Gasteiger partial charge in [0.1, 0.15) is 0 Å². The smallest absolute Gasteiger partial charge is 0.377 e. The number of hydrogen-bond acceptors (Lipinski definition) is 1. The third kappa shape index (κ3) is 7.49. The first-order valence-corrected chi connectivity index (χ1v) is 2.81. The van der Waals surface area contributed by atoms with E-state index in [0.717, 1.165) is 0 Å². The Bertz CT molecular complexity index is 97.7. The lowest BCUT2D eigenvalue weighted by Crippen LogP contribution is -2.11. The van der Waals surface area contributed by atoms with Crippen molar-refractivity contribution in [1.82, 2.24) is 0 Å². The van der Waals surface area contributed by atoms with E-state index >= 15 is 0 Å². The lowest BCUT2D eigenvalue weighted by atomic mass is 10.4. The Morgan fingerprint density at radius 1 is 1.40 bits per heavy atom. The van der Waals surface area contributed by atoms with E-state index in [9.17, 15) is 13.2 Å². The number of ether oxygens (including phenoxy) is 1. The van der Waals surface area contributed by atoms with Gasteiger partial charge in [0.15, 0.2) is 0 Å². The molecule has 0 aromatic carbocycles. The average Bonchev–Trinajstić information content (AvgIpc) is 1.78. The molecule has 0 fully saturated rings. The van der Waals surface area contributed by atoms with Crippen LogP contribution in [-0.2, 0) is 4.74 Å². The van der Waals surface area contributed by atoms with E-state index in [2.05, 4.69) is 11.3 Å². The SMILES string of the molecule is C=CCOCCC(F)(F)F. The number of halogens is 3. The summed E-state index contributed by atoms with van der Waals surface area (Å²) < 4.78 is 38.7. The Hall–Kier alpha value is -0.510. The van der Waals surface area contributed by atoms with Crippen LogP contribution in [0, 0.1) is 0 Å². The molecular formula is C6H9F3O. The minimum absolute atomic E-state index is 0.177. The Morgan fingerprint density at radius 2 is 2.00 bits per heavy atom. The molecule has 0 amide bonds. The van der Waals surface area contributed by atoms with Gasteiger partial charge in [-0.25, -0.2) is 0 Å². The fraction of sp³-hybridized carbons (Fsp3) is 0.667. The van der Waals surface area contributed by atoms with Crippen LogP contribution in [0.15, 0.2) is 12.7 Å². The summed E-state index contributed by atoms with van der Waals surface area (Å²) in [5.74, 6) is 0. The Morgan fingerprint density at radius 3 is 2.40 bits per heavy atom. The van der Waals surface area contributed by atoms with Crippen molar-refractivity contribution >= 4 is 0 Å². The summed E-state index contributed by atoms with van der Waals surface area (Å²) in [6.45, 7) is 3.18. The zero-order chi connectivity index (χ0) is 8.04. The van der Waals surface area contributed by atoms with Crippen LogP contribution < -0.4 is 0 Å². The molecule has 0 aliphatic heterocycles. The highest BCUT2D eigenvalue weighted by Crippen LogP contribution is 2.18. The van der Waals surface area contributed by atoms with Gasteiger partial charge in [0.05, 0.1) is 19.6 Å². The van der Waals surface area contributed by atoms with Crippen LogP contribution in [-0.4, -0.2) is 19.4 Å². The van der Waals surface area contributed by atoms with E-state index in [-0.39, 0.29) is 13.2 Å². The van der Waals surface area contributed by atoms with Gasteiger partial charge < -0.3 is 4.74 Å². The molecule has 0 aliphatic carbocycles. The molecule has 0 saturated heterocycles. The highest BCUT2D eigenvalue weighted by atomic mass is 19.4. The maximum absolute atomic E-state index is 11.4. The molecule has 0 heterocycles. The predicted octanol–water partition coefficient (Wildman–Crippen LogP) is 2.14. The van der Waals surface area contributed by atoms with Gasteiger partial charge in [-0.3, -0.25) is 0 Å². The van der Waals surface area contributed by atoms with Gasteiger partial charge in [0, 0.05) is 0 Å².